The first-order valence-corrected chi connectivity index (χ1v) is 5.41. The van der Waals surface area contributed by atoms with Gasteiger partial charge in [0.25, 0.3) is 0 Å². The molecule has 0 amide bonds. The molecular weight excluding hydrogens is 202 g/mol. The highest BCUT2D eigenvalue weighted by atomic mass is 16.5. The van der Waals surface area contributed by atoms with Crippen LogP contribution in [0, 0.1) is 0 Å². The molecule has 0 fully saturated rings. The van der Waals surface area contributed by atoms with Crippen LogP contribution in [0.25, 0.3) is 0 Å². The molecule has 0 aliphatic heterocycles. The van der Waals surface area contributed by atoms with Gasteiger partial charge in [0.15, 0.2) is 0 Å². The Morgan fingerprint density at radius 1 is 1.38 bits per heavy atom. The van der Waals surface area contributed by atoms with E-state index < -0.39 is 11.6 Å². The molecule has 0 radical (unpaired) electrons. The summed E-state index contributed by atoms with van der Waals surface area (Å²) in [5, 5.41) is 0. The van der Waals surface area contributed by atoms with Gasteiger partial charge in [-0.3, -0.25) is 0 Å². The van der Waals surface area contributed by atoms with Crippen LogP contribution in [-0.2, 0) is 16.0 Å². The molecule has 0 saturated carbocycles. The van der Waals surface area contributed by atoms with E-state index in [0.717, 1.165) is 11.8 Å². The van der Waals surface area contributed by atoms with E-state index in [0.29, 0.717) is 13.0 Å². The third-order valence-corrected chi connectivity index (χ3v) is 2.10. The van der Waals surface area contributed by atoms with E-state index in [4.69, 9.17) is 10.5 Å². The van der Waals surface area contributed by atoms with Crippen molar-refractivity contribution in [2.45, 2.75) is 31.9 Å². The fourth-order valence-electron chi connectivity index (χ4n) is 1.31. The molecule has 2 N–H and O–H groups in total. The minimum absolute atomic E-state index is 0.378. The molecule has 0 unspecified atom stereocenters. The standard InChI is InChI=1S/C13H19NO2/c1-13(2,14)10-16-12(9-15)8-11-6-4-3-5-7-11/h3-7,9,12H,8,10,14H2,1-2H3/t12-/m0/s1. The van der Waals surface area contributed by atoms with Crippen LogP contribution >= 0.6 is 0 Å². The van der Waals surface area contributed by atoms with Gasteiger partial charge in [0.05, 0.1) is 6.61 Å². The van der Waals surface area contributed by atoms with Gasteiger partial charge in [0, 0.05) is 12.0 Å². The third-order valence-electron chi connectivity index (χ3n) is 2.10. The maximum absolute atomic E-state index is 10.9. The summed E-state index contributed by atoms with van der Waals surface area (Å²) in [6.07, 6.45) is 1.02. The summed E-state index contributed by atoms with van der Waals surface area (Å²) in [4.78, 5) is 10.9. The van der Waals surface area contributed by atoms with Crippen LogP contribution in [0.2, 0.25) is 0 Å². The monoisotopic (exact) mass is 221 g/mol. The lowest BCUT2D eigenvalue weighted by Crippen LogP contribution is -2.39. The molecule has 0 aromatic heterocycles. The van der Waals surface area contributed by atoms with Crippen LogP contribution in [0.15, 0.2) is 30.3 Å². The van der Waals surface area contributed by atoms with Crippen molar-refractivity contribution in [3.05, 3.63) is 35.9 Å². The van der Waals surface area contributed by atoms with Crippen LogP contribution < -0.4 is 5.73 Å². The molecule has 0 aliphatic carbocycles. The van der Waals surface area contributed by atoms with Gasteiger partial charge >= 0.3 is 0 Å². The van der Waals surface area contributed by atoms with Crippen molar-refractivity contribution < 1.29 is 9.53 Å². The number of aldehydes is 1. The van der Waals surface area contributed by atoms with Crippen molar-refractivity contribution in [1.29, 1.82) is 0 Å². The maximum Gasteiger partial charge on any atom is 0.149 e. The lowest BCUT2D eigenvalue weighted by atomic mass is 10.1. The molecule has 0 aliphatic rings. The van der Waals surface area contributed by atoms with E-state index >= 15 is 0 Å². The van der Waals surface area contributed by atoms with Gasteiger partial charge in [-0.2, -0.15) is 0 Å². The second-order valence-corrected chi connectivity index (χ2v) is 4.66. The van der Waals surface area contributed by atoms with Gasteiger partial charge in [-0.15, -0.1) is 0 Å². The van der Waals surface area contributed by atoms with Gasteiger partial charge in [0.2, 0.25) is 0 Å². The number of benzene rings is 1. The molecule has 0 bridgehead atoms. The van der Waals surface area contributed by atoms with Crippen molar-refractivity contribution in [3.8, 4) is 0 Å². The largest absolute Gasteiger partial charge is 0.369 e. The SMILES string of the molecule is CC(C)(N)CO[C@H](C=O)Cc1ccccc1. The Hall–Kier alpha value is -1.19. The highest BCUT2D eigenvalue weighted by molar-refractivity contribution is 5.56. The first kappa shape index (κ1) is 12.9. The quantitative estimate of drug-likeness (QED) is 0.741. The number of ether oxygens (including phenoxy) is 1. The number of hydrogen-bond donors (Lipinski definition) is 1. The van der Waals surface area contributed by atoms with Crippen LogP contribution in [0.4, 0.5) is 0 Å². The highest BCUT2D eigenvalue weighted by Gasteiger charge is 2.15. The molecule has 88 valence electrons. The van der Waals surface area contributed by atoms with Gasteiger partial charge in [-0.1, -0.05) is 30.3 Å². The van der Waals surface area contributed by atoms with E-state index in [1.807, 2.05) is 44.2 Å². The molecular formula is C13H19NO2. The van der Waals surface area contributed by atoms with Crippen molar-refractivity contribution in [1.82, 2.24) is 0 Å². The summed E-state index contributed by atoms with van der Waals surface area (Å²) < 4.78 is 5.47. The molecule has 0 spiro atoms. The van der Waals surface area contributed by atoms with E-state index in [2.05, 4.69) is 0 Å². The number of carbonyl (C=O) groups is 1. The summed E-state index contributed by atoms with van der Waals surface area (Å²) in [5.74, 6) is 0. The summed E-state index contributed by atoms with van der Waals surface area (Å²) in [6.45, 7) is 4.12. The zero-order valence-corrected chi connectivity index (χ0v) is 9.85. The van der Waals surface area contributed by atoms with Gasteiger partial charge in [-0.25, -0.2) is 0 Å². The molecule has 1 aromatic rings. The Kier molecular flexibility index (Phi) is 4.65. The summed E-state index contributed by atoms with van der Waals surface area (Å²) in [5.41, 5.74) is 6.48. The molecule has 1 aromatic carbocycles. The second kappa shape index (κ2) is 5.77. The number of hydrogen-bond acceptors (Lipinski definition) is 3. The Morgan fingerprint density at radius 3 is 2.50 bits per heavy atom. The minimum Gasteiger partial charge on any atom is -0.369 e. The van der Waals surface area contributed by atoms with Crippen molar-refractivity contribution >= 4 is 6.29 Å². The summed E-state index contributed by atoms with van der Waals surface area (Å²) in [6, 6.07) is 9.80. The minimum atomic E-state index is -0.412. The fraction of sp³-hybridized carbons (Fsp3) is 0.462. The smallest absolute Gasteiger partial charge is 0.149 e. The first-order valence-electron chi connectivity index (χ1n) is 5.41. The maximum atomic E-state index is 10.9. The fourth-order valence-corrected chi connectivity index (χ4v) is 1.31. The first-order chi connectivity index (χ1) is 7.51. The van der Waals surface area contributed by atoms with Gasteiger partial charge in [-0.05, 0) is 19.4 Å². The van der Waals surface area contributed by atoms with E-state index in [1.165, 1.54) is 0 Å². The second-order valence-electron chi connectivity index (χ2n) is 4.66. The molecule has 1 rings (SSSR count). The predicted molar refractivity (Wildman–Crippen MR) is 64.2 cm³/mol. The highest BCUT2D eigenvalue weighted by Crippen LogP contribution is 2.06. The Morgan fingerprint density at radius 2 is 2.00 bits per heavy atom. The molecule has 16 heavy (non-hydrogen) atoms. The Labute approximate surface area is 96.6 Å². The van der Waals surface area contributed by atoms with Crippen molar-refractivity contribution in [3.63, 3.8) is 0 Å². The third kappa shape index (κ3) is 5.05. The zero-order valence-electron chi connectivity index (χ0n) is 9.85. The normalized spacial score (nSPS) is 13.4. The van der Waals surface area contributed by atoms with E-state index in [-0.39, 0.29) is 0 Å². The van der Waals surface area contributed by atoms with E-state index in [9.17, 15) is 4.79 Å². The molecule has 3 nitrogen and oxygen atoms in total. The van der Waals surface area contributed by atoms with Crippen LogP contribution in [0.1, 0.15) is 19.4 Å². The molecule has 1 atom stereocenters. The number of nitrogens with two attached hydrogens (primary N) is 1. The van der Waals surface area contributed by atoms with Gasteiger partial charge in [0.1, 0.15) is 12.4 Å². The predicted octanol–water partition coefficient (Wildman–Crippen LogP) is 1.55. The van der Waals surface area contributed by atoms with Crippen LogP contribution in [-0.4, -0.2) is 24.5 Å². The zero-order chi connectivity index (χ0) is 12.0. The van der Waals surface area contributed by atoms with Crippen LogP contribution in [0.5, 0.6) is 0 Å². The molecule has 0 heterocycles. The topological polar surface area (TPSA) is 52.3 Å². The van der Waals surface area contributed by atoms with E-state index in [1.54, 1.807) is 0 Å². The van der Waals surface area contributed by atoms with Crippen molar-refractivity contribution in [2.24, 2.45) is 5.73 Å². The average molecular weight is 221 g/mol. The number of rotatable bonds is 6. The molecule has 3 heteroatoms. The van der Waals surface area contributed by atoms with Crippen molar-refractivity contribution in [2.75, 3.05) is 6.61 Å². The Balaban J connectivity index is 2.47. The lowest BCUT2D eigenvalue weighted by molar-refractivity contribution is -0.118. The summed E-state index contributed by atoms with van der Waals surface area (Å²) in [7, 11) is 0. The summed E-state index contributed by atoms with van der Waals surface area (Å²) >= 11 is 0. The number of carbonyl (C=O) groups excluding carboxylic acids is 1. The van der Waals surface area contributed by atoms with Crippen LogP contribution in [0.3, 0.4) is 0 Å². The lowest BCUT2D eigenvalue weighted by Gasteiger charge is -2.21. The average Bonchev–Trinajstić information content (AvgIpc) is 2.24. The Bertz CT molecular complexity index is 316. The van der Waals surface area contributed by atoms with Gasteiger partial charge < -0.3 is 15.3 Å². The molecule has 0 saturated heterocycles.